The standard InChI is InChI=1S/C10H22O/c1-8(2)7-10(5,6)11-9(3)4/h8-9H,7H2,1-6H3. The van der Waals surface area contributed by atoms with E-state index < -0.39 is 0 Å². The summed E-state index contributed by atoms with van der Waals surface area (Å²) < 4.78 is 5.75. The summed E-state index contributed by atoms with van der Waals surface area (Å²) in [5, 5.41) is 0. The Morgan fingerprint density at radius 1 is 1.09 bits per heavy atom. The number of ether oxygens (including phenoxy) is 1. The molecule has 0 saturated heterocycles. The zero-order valence-corrected chi connectivity index (χ0v) is 8.77. The Balaban J connectivity index is 3.79. The van der Waals surface area contributed by atoms with Crippen molar-refractivity contribution in [1.82, 2.24) is 0 Å². The van der Waals surface area contributed by atoms with E-state index in [-0.39, 0.29) is 5.60 Å². The van der Waals surface area contributed by atoms with Crippen LogP contribution in [-0.4, -0.2) is 11.7 Å². The van der Waals surface area contributed by atoms with Gasteiger partial charge in [0.25, 0.3) is 0 Å². The molecule has 68 valence electrons. The molecule has 0 spiro atoms. The molecule has 1 heteroatoms. The summed E-state index contributed by atoms with van der Waals surface area (Å²) in [7, 11) is 0. The molecular formula is C10H22O. The molecule has 0 aromatic rings. The fraction of sp³-hybridized carbons (Fsp3) is 1.00. The molecule has 0 aromatic carbocycles. The van der Waals surface area contributed by atoms with E-state index in [9.17, 15) is 0 Å². The van der Waals surface area contributed by atoms with E-state index in [0.717, 1.165) is 6.42 Å². The highest BCUT2D eigenvalue weighted by molar-refractivity contribution is 4.71. The molecule has 0 rings (SSSR count). The van der Waals surface area contributed by atoms with Crippen LogP contribution in [0.4, 0.5) is 0 Å². The first-order valence-electron chi connectivity index (χ1n) is 4.51. The van der Waals surface area contributed by atoms with E-state index in [1.165, 1.54) is 0 Å². The topological polar surface area (TPSA) is 9.23 Å². The van der Waals surface area contributed by atoms with E-state index in [1.807, 2.05) is 0 Å². The Bertz CT molecular complexity index is 91.4. The number of rotatable bonds is 4. The van der Waals surface area contributed by atoms with Crippen LogP contribution < -0.4 is 0 Å². The van der Waals surface area contributed by atoms with Crippen molar-refractivity contribution in [3.05, 3.63) is 0 Å². The molecule has 11 heavy (non-hydrogen) atoms. The number of hydrogen-bond donors (Lipinski definition) is 0. The van der Waals surface area contributed by atoms with Crippen LogP contribution in [0.2, 0.25) is 0 Å². The Kier molecular flexibility index (Phi) is 4.09. The first-order chi connectivity index (χ1) is 4.83. The zero-order valence-electron chi connectivity index (χ0n) is 8.77. The molecule has 0 N–H and O–H groups in total. The van der Waals surface area contributed by atoms with Gasteiger partial charge in [0.15, 0.2) is 0 Å². The molecule has 0 amide bonds. The molecule has 0 saturated carbocycles. The Morgan fingerprint density at radius 2 is 1.55 bits per heavy atom. The quantitative estimate of drug-likeness (QED) is 0.610. The molecule has 0 radical (unpaired) electrons. The second kappa shape index (κ2) is 4.10. The second-order valence-electron chi connectivity index (χ2n) is 4.52. The summed E-state index contributed by atoms with van der Waals surface area (Å²) in [4.78, 5) is 0. The van der Waals surface area contributed by atoms with Crippen molar-refractivity contribution in [3.63, 3.8) is 0 Å². The van der Waals surface area contributed by atoms with Crippen LogP contribution in [0.15, 0.2) is 0 Å². The lowest BCUT2D eigenvalue weighted by Crippen LogP contribution is -2.29. The Labute approximate surface area is 71.1 Å². The van der Waals surface area contributed by atoms with Crippen molar-refractivity contribution >= 4 is 0 Å². The lowest BCUT2D eigenvalue weighted by Gasteiger charge is -2.29. The minimum atomic E-state index is 0.0440. The minimum absolute atomic E-state index is 0.0440. The van der Waals surface area contributed by atoms with Crippen LogP contribution in [0.3, 0.4) is 0 Å². The molecular weight excluding hydrogens is 136 g/mol. The monoisotopic (exact) mass is 158 g/mol. The Hall–Kier alpha value is -0.0400. The summed E-state index contributed by atoms with van der Waals surface area (Å²) in [5.41, 5.74) is 0.0440. The average Bonchev–Trinajstić information content (AvgIpc) is 1.53. The Morgan fingerprint density at radius 3 is 1.82 bits per heavy atom. The van der Waals surface area contributed by atoms with Crippen LogP contribution in [0, 0.1) is 5.92 Å². The summed E-state index contributed by atoms with van der Waals surface area (Å²) in [6, 6.07) is 0. The highest BCUT2D eigenvalue weighted by atomic mass is 16.5. The molecule has 0 aliphatic carbocycles. The van der Waals surface area contributed by atoms with Crippen molar-refractivity contribution in [2.45, 2.75) is 59.7 Å². The van der Waals surface area contributed by atoms with E-state index >= 15 is 0 Å². The largest absolute Gasteiger partial charge is 0.373 e. The molecule has 1 nitrogen and oxygen atoms in total. The lowest BCUT2D eigenvalue weighted by molar-refractivity contribution is -0.0666. The van der Waals surface area contributed by atoms with Gasteiger partial charge in [-0.3, -0.25) is 0 Å². The second-order valence-corrected chi connectivity index (χ2v) is 4.52. The molecule has 0 aromatic heterocycles. The highest BCUT2D eigenvalue weighted by Gasteiger charge is 2.20. The summed E-state index contributed by atoms with van der Waals surface area (Å²) >= 11 is 0. The van der Waals surface area contributed by atoms with E-state index in [2.05, 4.69) is 41.5 Å². The SMILES string of the molecule is CC(C)CC(C)(C)OC(C)C. The van der Waals surface area contributed by atoms with Crippen molar-refractivity contribution in [1.29, 1.82) is 0 Å². The van der Waals surface area contributed by atoms with Gasteiger partial charge in [-0.1, -0.05) is 13.8 Å². The van der Waals surface area contributed by atoms with Gasteiger partial charge >= 0.3 is 0 Å². The van der Waals surface area contributed by atoms with Crippen LogP contribution >= 0.6 is 0 Å². The molecule has 0 aliphatic heterocycles. The van der Waals surface area contributed by atoms with Crippen LogP contribution in [0.5, 0.6) is 0 Å². The van der Waals surface area contributed by atoms with Gasteiger partial charge in [-0.15, -0.1) is 0 Å². The summed E-state index contributed by atoms with van der Waals surface area (Å²) in [6.07, 6.45) is 1.47. The fourth-order valence-corrected chi connectivity index (χ4v) is 1.67. The molecule has 0 heterocycles. The molecule has 0 atom stereocenters. The molecule has 0 bridgehead atoms. The van der Waals surface area contributed by atoms with Gasteiger partial charge in [0.2, 0.25) is 0 Å². The van der Waals surface area contributed by atoms with E-state index in [1.54, 1.807) is 0 Å². The first kappa shape index (κ1) is 11.0. The maximum absolute atomic E-state index is 5.75. The fourth-order valence-electron chi connectivity index (χ4n) is 1.67. The third kappa shape index (κ3) is 6.36. The normalized spacial score (nSPS) is 13.1. The molecule has 0 aliphatic rings. The third-order valence-corrected chi connectivity index (χ3v) is 1.45. The summed E-state index contributed by atoms with van der Waals surface area (Å²) in [6.45, 7) is 12.9. The van der Waals surface area contributed by atoms with Crippen molar-refractivity contribution in [2.75, 3.05) is 0 Å². The first-order valence-corrected chi connectivity index (χ1v) is 4.51. The van der Waals surface area contributed by atoms with Crippen LogP contribution in [0.1, 0.15) is 48.0 Å². The predicted molar refractivity (Wildman–Crippen MR) is 49.8 cm³/mol. The smallest absolute Gasteiger partial charge is 0.0632 e. The molecule has 0 fully saturated rings. The highest BCUT2D eigenvalue weighted by Crippen LogP contribution is 2.21. The lowest BCUT2D eigenvalue weighted by atomic mass is 9.96. The van der Waals surface area contributed by atoms with E-state index in [4.69, 9.17) is 4.74 Å². The van der Waals surface area contributed by atoms with Gasteiger partial charge in [-0.25, -0.2) is 0 Å². The van der Waals surface area contributed by atoms with Gasteiger partial charge in [0.05, 0.1) is 11.7 Å². The third-order valence-electron chi connectivity index (χ3n) is 1.45. The number of hydrogen-bond acceptors (Lipinski definition) is 1. The maximum atomic E-state index is 5.75. The van der Waals surface area contributed by atoms with Crippen LogP contribution in [-0.2, 0) is 4.74 Å². The van der Waals surface area contributed by atoms with Crippen molar-refractivity contribution < 1.29 is 4.74 Å². The summed E-state index contributed by atoms with van der Waals surface area (Å²) in [5.74, 6) is 0.712. The van der Waals surface area contributed by atoms with Gasteiger partial charge in [-0.2, -0.15) is 0 Å². The average molecular weight is 158 g/mol. The van der Waals surface area contributed by atoms with Gasteiger partial charge in [0.1, 0.15) is 0 Å². The van der Waals surface area contributed by atoms with Gasteiger partial charge < -0.3 is 4.74 Å². The van der Waals surface area contributed by atoms with Crippen LogP contribution in [0.25, 0.3) is 0 Å². The van der Waals surface area contributed by atoms with Gasteiger partial charge in [-0.05, 0) is 40.0 Å². The van der Waals surface area contributed by atoms with Crippen molar-refractivity contribution in [3.8, 4) is 0 Å². The maximum Gasteiger partial charge on any atom is 0.0632 e. The predicted octanol–water partition coefficient (Wildman–Crippen LogP) is 3.24. The van der Waals surface area contributed by atoms with E-state index in [0.29, 0.717) is 12.0 Å². The molecule has 0 unspecified atom stereocenters. The minimum Gasteiger partial charge on any atom is -0.373 e. The van der Waals surface area contributed by atoms with Gasteiger partial charge in [0, 0.05) is 0 Å². The zero-order chi connectivity index (χ0) is 9.07. The van der Waals surface area contributed by atoms with Crippen molar-refractivity contribution in [2.24, 2.45) is 5.92 Å².